The van der Waals surface area contributed by atoms with Gasteiger partial charge in [0.2, 0.25) is 29.6 Å². The minimum Gasteiger partial charge on any atom is -0.494 e. The van der Waals surface area contributed by atoms with Crippen molar-refractivity contribution in [3.63, 3.8) is 0 Å². The number of hydrogen-bond donors (Lipinski definition) is 5. The number of rotatable bonds is 21. The van der Waals surface area contributed by atoms with Crippen LogP contribution < -0.4 is 36.2 Å². The van der Waals surface area contributed by atoms with Gasteiger partial charge in [-0.15, -0.1) is 11.3 Å². The van der Waals surface area contributed by atoms with Crippen LogP contribution in [0, 0.1) is 12.3 Å². The van der Waals surface area contributed by atoms with E-state index in [4.69, 9.17) is 16.3 Å². The number of aliphatic hydroxyl groups excluding tert-OH is 1. The molecule has 17 nitrogen and oxygen atoms in total. The fraction of sp³-hybridized carbons (Fsp3) is 0.463. The molecule has 0 bridgehead atoms. The minimum absolute atomic E-state index is 0.0112. The monoisotopic (exact) mass is 1070 g/mol. The number of halogens is 1. The molecule has 5 N–H and O–H groups in total. The molecule has 0 radical (unpaired) electrons. The van der Waals surface area contributed by atoms with Crippen molar-refractivity contribution in [3.8, 4) is 16.2 Å². The first-order chi connectivity index (χ1) is 35.3. The molecule has 0 spiro atoms. The molecule has 3 unspecified atom stereocenters. The molecule has 7 rings (SSSR count). The van der Waals surface area contributed by atoms with Crippen molar-refractivity contribution in [3.05, 3.63) is 94.7 Å². The number of carbonyl (C=O) groups excluding carboxylic acids is 4. The summed E-state index contributed by atoms with van der Waals surface area (Å²) < 4.78 is 18.7. The van der Waals surface area contributed by atoms with Crippen LogP contribution in [0.3, 0.4) is 0 Å². The summed E-state index contributed by atoms with van der Waals surface area (Å²) in [5.41, 5.74) is 6.37. The van der Waals surface area contributed by atoms with Gasteiger partial charge in [0.15, 0.2) is 5.82 Å². The Morgan fingerprint density at radius 2 is 1.61 bits per heavy atom. The molecule has 20 heteroatoms. The highest BCUT2D eigenvalue weighted by atomic mass is 35.5. The predicted octanol–water partition coefficient (Wildman–Crippen LogP) is 8.49. The second-order valence-corrected chi connectivity index (χ2v) is 24.9. The van der Waals surface area contributed by atoms with Crippen molar-refractivity contribution < 1.29 is 33.6 Å². The highest BCUT2D eigenvalue weighted by molar-refractivity contribution is 7.70. The molecule has 74 heavy (non-hydrogen) atoms. The van der Waals surface area contributed by atoms with Gasteiger partial charge in [0.25, 0.3) is 0 Å². The largest absolute Gasteiger partial charge is 0.494 e. The van der Waals surface area contributed by atoms with Gasteiger partial charge < -0.3 is 50.4 Å². The lowest BCUT2D eigenvalue weighted by Crippen LogP contribution is -2.57. The number of benzene rings is 3. The molecule has 0 aliphatic carbocycles. The number of piperazine rings is 1. The van der Waals surface area contributed by atoms with E-state index in [1.165, 1.54) is 11.1 Å². The van der Waals surface area contributed by atoms with Crippen LogP contribution in [0.1, 0.15) is 83.4 Å². The van der Waals surface area contributed by atoms with Gasteiger partial charge in [-0.2, -0.15) is 4.98 Å². The van der Waals surface area contributed by atoms with Crippen LogP contribution in [0.5, 0.6) is 5.75 Å². The highest BCUT2D eigenvalue weighted by Crippen LogP contribution is 2.39. The number of aromatic nitrogens is 3. The SMILES string of the molecule is COc1cc(N2CCN(C(=O)CCCCCCCC(=O)NC(C(=O)N3CC(O)CC3C(=O)NCc3ccc(-c4scnc4C)cc3)C(C)(C)C)CC2)ccc1Nc1ncc(Cl)c(Nc2ccccc2P(C)(C)=O)n1. The van der Waals surface area contributed by atoms with E-state index in [9.17, 15) is 28.8 Å². The topological polar surface area (TPSA) is 211 Å². The number of nitrogens with one attached hydrogen (secondary N) is 4. The van der Waals surface area contributed by atoms with Gasteiger partial charge in [-0.05, 0) is 73.9 Å². The Bertz CT molecular complexity index is 2810. The lowest BCUT2D eigenvalue weighted by molar-refractivity contribution is -0.144. The molecule has 4 amide bonds. The lowest BCUT2D eigenvalue weighted by Gasteiger charge is -2.36. The van der Waals surface area contributed by atoms with Crippen molar-refractivity contribution in [2.24, 2.45) is 5.41 Å². The standard InChI is InChI=1S/C54H70ClN10O7PS/c1-35-48(74-34-58-35)37-21-19-36(20-22-37)31-56-51(69)43-30-39(66)33-65(43)52(70)49(54(2,3)4)61-46(67)17-11-9-8-10-12-18-47(68)64-27-25-63(26-28-64)38-23-24-41(44(29-38)72-5)60-53-57-32-40(55)50(62-53)59-42-15-13-14-16-45(42)73(6,7)71/h13-16,19-24,29,32,34,39,43,49,66H,8-12,17-18,25-28,30-31,33H2,1-7H3,(H,56,69)(H,61,67)(H2,57,59,60,62). The van der Waals surface area contributed by atoms with Crippen LogP contribution >= 0.6 is 30.1 Å². The molecule has 2 saturated heterocycles. The van der Waals surface area contributed by atoms with Gasteiger partial charge in [-0.1, -0.05) is 88.0 Å². The molecule has 5 aromatic rings. The van der Waals surface area contributed by atoms with Gasteiger partial charge in [-0.3, -0.25) is 19.2 Å². The number of nitrogens with zero attached hydrogens (tertiary/aromatic N) is 6. The van der Waals surface area contributed by atoms with Crippen molar-refractivity contribution in [2.75, 3.05) is 68.7 Å². The molecular formula is C54H70ClN10O7PS. The van der Waals surface area contributed by atoms with Gasteiger partial charge in [0.1, 0.15) is 30.0 Å². The first-order valence-electron chi connectivity index (χ1n) is 25.3. The summed E-state index contributed by atoms with van der Waals surface area (Å²) in [6.07, 6.45) is 5.42. The second-order valence-electron chi connectivity index (χ2n) is 20.5. The summed E-state index contributed by atoms with van der Waals surface area (Å²) in [4.78, 5) is 74.0. The van der Waals surface area contributed by atoms with Gasteiger partial charge >= 0.3 is 0 Å². The molecular weight excluding hydrogens is 999 g/mol. The van der Waals surface area contributed by atoms with Gasteiger partial charge in [0, 0.05) is 75.6 Å². The normalized spacial score (nSPS) is 16.4. The van der Waals surface area contributed by atoms with E-state index < -0.39 is 30.7 Å². The summed E-state index contributed by atoms with van der Waals surface area (Å²) in [6, 6.07) is 19.4. The zero-order valence-corrected chi connectivity index (χ0v) is 45.9. The number of amides is 4. The van der Waals surface area contributed by atoms with E-state index in [-0.39, 0.29) is 49.6 Å². The van der Waals surface area contributed by atoms with Crippen molar-refractivity contribution in [1.29, 1.82) is 0 Å². The molecule has 2 fully saturated rings. The first kappa shape index (κ1) is 55.7. The number of anilines is 5. The van der Waals surface area contributed by atoms with Crippen LogP contribution in [-0.2, 0) is 30.3 Å². The number of ether oxygens (including phenoxy) is 1. The quantitative estimate of drug-likeness (QED) is 0.0345. The fourth-order valence-corrected chi connectivity index (χ4v) is 11.4. The molecule has 3 aromatic carbocycles. The number of para-hydroxylation sites is 1. The Kier molecular flexibility index (Phi) is 18.8. The van der Waals surface area contributed by atoms with E-state index in [0.29, 0.717) is 78.2 Å². The maximum absolute atomic E-state index is 14.1. The fourth-order valence-electron chi connectivity index (χ4n) is 9.27. The van der Waals surface area contributed by atoms with E-state index >= 15 is 0 Å². The number of aryl methyl sites for hydroxylation is 1. The van der Waals surface area contributed by atoms with Crippen molar-refractivity contribution in [2.45, 2.75) is 104 Å². The number of methoxy groups -OCH3 is 1. The molecule has 3 atom stereocenters. The second kappa shape index (κ2) is 25.0. The Morgan fingerprint density at radius 1 is 0.905 bits per heavy atom. The number of likely N-dealkylation sites (tertiary alicyclic amines) is 1. The zero-order valence-electron chi connectivity index (χ0n) is 43.5. The summed E-state index contributed by atoms with van der Waals surface area (Å²) in [7, 11) is -0.978. The van der Waals surface area contributed by atoms with E-state index in [1.54, 1.807) is 31.8 Å². The average molecular weight is 1070 g/mol. The Balaban J connectivity index is 0.801. The maximum atomic E-state index is 14.1. The van der Waals surface area contributed by atoms with Crippen LogP contribution in [0.25, 0.3) is 10.4 Å². The predicted molar refractivity (Wildman–Crippen MR) is 295 cm³/mol. The van der Waals surface area contributed by atoms with Crippen LogP contribution in [0.4, 0.5) is 28.8 Å². The van der Waals surface area contributed by atoms with E-state index in [1.807, 2.05) is 105 Å². The number of thiazole rings is 1. The molecule has 0 saturated carbocycles. The molecule has 396 valence electrons. The van der Waals surface area contributed by atoms with E-state index in [0.717, 1.165) is 53.1 Å². The molecule has 2 aliphatic heterocycles. The number of unbranched alkanes of at least 4 members (excludes halogenated alkanes) is 4. The Hall–Kier alpha value is -6.07. The lowest BCUT2D eigenvalue weighted by atomic mass is 9.85. The molecule has 2 aliphatic rings. The third kappa shape index (κ3) is 14.6. The Labute approximate surface area is 443 Å². The minimum atomic E-state index is -2.58. The number of aliphatic hydroxyl groups is 1. The third-order valence-corrected chi connectivity index (χ3v) is 16.2. The maximum Gasteiger partial charge on any atom is 0.246 e. The highest BCUT2D eigenvalue weighted by Gasteiger charge is 2.44. The van der Waals surface area contributed by atoms with Gasteiger partial charge in [-0.25, -0.2) is 9.97 Å². The average Bonchev–Trinajstić information content (AvgIpc) is 4.00. The molecule has 4 heterocycles. The summed E-state index contributed by atoms with van der Waals surface area (Å²) in [5, 5.41) is 24.0. The van der Waals surface area contributed by atoms with Crippen LogP contribution in [0.15, 0.2) is 78.4 Å². The smallest absolute Gasteiger partial charge is 0.246 e. The number of hydrogen-bond acceptors (Lipinski definition) is 14. The number of β-amino-alcohol motifs (C(OH)–C–C–N with tert-alkyl or cyclic N) is 1. The van der Waals surface area contributed by atoms with Crippen molar-refractivity contribution >= 4 is 87.8 Å². The molecule has 2 aromatic heterocycles. The number of carbonyl (C=O) groups is 4. The third-order valence-electron chi connectivity index (χ3n) is 13.4. The zero-order chi connectivity index (χ0) is 53.2. The van der Waals surface area contributed by atoms with E-state index in [2.05, 4.69) is 41.1 Å². The summed E-state index contributed by atoms with van der Waals surface area (Å²) in [6.45, 7) is 13.9. The summed E-state index contributed by atoms with van der Waals surface area (Å²) >= 11 is 8.05. The van der Waals surface area contributed by atoms with Crippen molar-refractivity contribution in [1.82, 2.24) is 35.4 Å². The van der Waals surface area contributed by atoms with Gasteiger partial charge in [0.05, 0.1) is 46.9 Å². The summed E-state index contributed by atoms with van der Waals surface area (Å²) in [5.74, 6) is 0.414. The first-order valence-corrected chi connectivity index (χ1v) is 29.1. The Morgan fingerprint density at radius 3 is 2.28 bits per heavy atom. The van der Waals surface area contributed by atoms with Crippen LogP contribution in [-0.4, -0.2) is 125 Å². The van der Waals surface area contributed by atoms with Crippen LogP contribution in [0.2, 0.25) is 5.02 Å².